The standard InChI is InChI=1S/C11H14ClNO2/c1-7-8(12)4-5-10(15-3)11(7)9(14)6-13-2/h4-5,13H,6H2,1-3H3. The average Bonchev–Trinajstić information content (AvgIpc) is 2.22. The number of carbonyl (C=O) groups is 1. The Labute approximate surface area is 94.4 Å². The molecule has 0 radical (unpaired) electrons. The topological polar surface area (TPSA) is 38.3 Å². The highest BCUT2D eigenvalue weighted by Crippen LogP contribution is 2.28. The van der Waals surface area contributed by atoms with E-state index in [2.05, 4.69) is 5.32 Å². The quantitative estimate of drug-likeness (QED) is 0.801. The minimum absolute atomic E-state index is 0.0191. The number of carbonyl (C=O) groups excluding carboxylic acids is 1. The van der Waals surface area contributed by atoms with Crippen molar-refractivity contribution in [1.29, 1.82) is 0 Å². The van der Waals surface area contributed by atoms with Crippen molar-refractivity contribution in [2.45, 2.75) is 6.92 Å². The van der Waals surface area contributed by atoms with Crippen LogP contribution >= 0.6 is 11.6 Å². The molecule has 0 aliphatic rings. The fourth-order valence-electron chi connectivity index (χ4n) is 1.43. The first-order chi connectivity index (χ1) is 7.11. The average molecular weight is 228 g/mol. The van der Waals surface area contributed by atoms with Gasteiger partial charge in [0.05, 0.1) is 19.2 Å². The van der Waals surface area contributed by atoms with E-state index in [-0.39, 0.29) is 12.3 Å². The molecule has 0 heterocycles. The van der Waals surface area contributed by atoms with Gasteiger partial charge in [-0.2, -0.15) is 0 Å². The van der Waals surface area contributed by atoms with Gasteiger partial charge < -0.3 is 10.1 Å². The summed E-state index contributed by atoms with van der Waals surface area (Å²) >= 11 is 5.96. The highest BCUT2D eigenvalue weighted by Gasteiger charge is 2.16. The fourth-order valence-corrected chi connectivity index (χ4v) is 1.58. The van der Waals surface area contributed by atoms with Gasteiger partial charge in [0.15, 0.2) is 5.78 Å². The number of hydrogen-bond donors (Lipinski definition) is 1. The Hall–Kier alpha value is -1.06. The van der Waals surface area contributed by atoms with Gasteiger partial charge in [-0.15, -0.1) is 0 Å². The van der Waals surface area contributed by atoms with Gasteiger partial charge in [0.25, 0.3) is 0 Å². The molecule has 1 rings (SSSR count). The van der Waals surface area contributed by atoms with Crippen LogP contribution in [0.2, 0.25) is 5.02 Å². The first-order valence-electron chi connectivity index (χ1n) is 4.62. The summed E-state index contributed by atoms with van der Waals surface area (Å²) in [6, 6.07) is 3.43. The van der Waals surface area contributed by atoms with E-state index in [1.54, 1.807) is 26.3 Å². The van der Waals surface area contributed by atoms with Gasteiger partial charge in [0, 0.05) is 5.02 Å². The van der Waals surface area contributed by atoms with Crippen molar-refractivity contribution >= 4 is 17.4 Å². The van der Waals surface area contributed by atoms with Crippen molar-refractivity contribution in [3.8, 4) is 5.75 Å². The second-order valence-electron chi connectivity index (χ2n) is 3.20. The third kappa shape index (κ3) is 2.49. The first kappa shape index (κ1) is 12.0. The third-order valence-corrected chi connectivity index (χ3v) is 2.61. The first-order valence-corrected chi connectivity index (χ1v) is 5.00. The Bertz CT molecular complexity index is 377. The summed E-state index contributed by atoms with van der Waals surface area (Å²) in [6.45, 7) is 2.09. The van der Waals surface area contributed by atoms with Gasteiger partial charge in [-0.25, -0.2) is 0 Å². The van der Waals surface area contributed by atoms with Crippen LogP contribution in [0.5, 0.6) is 5.75 Å². The molecular formula is C11H14ClNO2. The molecule has 0 unspecified atom stereocenters. The van der Waals surface area contributed by atoms with Gasteiger partial charge in [-0.05, 0) is 31.7 Å². The maximum atomic E-state index is 11.8. The van der Waals surface area contributed by atoms with Crippen molar-refractivity contribution in [3.05, 3.63) is 28.3 Å². The SMILES string of the molecule is CNCC(=O)c1c(OC)ccc(Cl)c1C. The largest absolute Gasteiger partial charge is 0.496 e. The minimum Gasteiger partial charge on any atom is -0.496 e. The number of Topliss-reactive ketones (excluding diaryl/α,β-unsaturated/α-hetero) is 1. The molecule has 0 aliphatic carbocycles. The van der Waals surface area contributed by atoms with Crippen LogP contribution in [0.25, 0.3) is 0 Å². The molecule has 3 nitrogen and oxygen atoms in total. The number of nitrogens with one attached hydrogen (secondary N) is 1. The molecule has 0 bridgehead atoms. The highest BCUT2D eigenvalue weighted by molar-refractivity contribution is 6.32. The molecule has 1 aromatic rings. The summed E-state index contributed by atoms with van der Waals surface area (Å²) in [7, 11) is 3.27. The normalized spacial score (nSPS) is 10.1. The molecule has 15 heavy (non-hydrogen) atoms. The number of likely N-dealkylation sites (N-methyl/N-ethyl adjacent to an activating group) is 1. The minimum atomic E-state index is -0.0191. The molecule has 0 amide bonds. The lowest BCUT2D eigenvalue weighted by Crippen LogP contribution is -2.20. The summed E-state index contributed by atoms with van der Waals surface area (Å²) < 4.78 is 5.14. The van der Waals surface area contributed by atoms with Crippen LogP contribution in [0.15, 0.2) is 12.1 Å². The number of ether oxygens (including phenoxy) is 1. The van der Waals surface area contributed by atoms with E-state index in [9.17, 15) is 4.79 Å². The molecule has 0 atom stereocenters. The number of benzene rings is 1. The van der Waals surface area contributed by atoms with Crippen molar-refractivity contribution in [1.82, 2.24) is 5.32 Å². The summed E-state index contributed by atoms with van der Waals surface area (Å²) in [4.78, 5) is 11.8. The zero-order valence-corrected chi connectivity index (χ0v) is 9.81. The van der Waals surface area contributed by atoms with Crippen LogP contribution in [0.1, 0.15) is 15.9 Å². The molecule has 1 aromatic carbocycles. The Morgan fingerprint density at radius 3 is 2.73 bits per heavy atom. The van der Waals surface area contributed by atoms with E-state index in [4.69, 9.17) is 16.3 Å². The van der Waals surface area contributed by atoms with Crippen LogP contribution in [0.3, 0.4) is 0 Å². The maximum absolute atomic E-state index is 11.8. The molecule has 0 fully saturated rings. The van der Waals surface area contributed by atoms with Gasteiger partial charge in [-0.3, -0.25) is 4.79 Å². The van der Waals surface area contributed by atoms with Gasteiger partial charge in [0.2, 0.25) is 0 Å². The molecule has 4 heteroatoms. The fraction of sp³-hybridized carbons (Fsp3) is 0.364. The number of hydrogen-bond acceptors (Lipinski definition) is 3. The third-order valence-electron chi connectivity index (χ3n) is 2.20. The van der Waals surface area contributed by atoms with Crippen LogP contribution in [0.4, 0.5) is 0 Å². The monoisotopic (exact) mass is 227 g/mol. The second-order valence-corrected chi connectivity index (χ2v) is 3.61. The van der Waals surface area contributed by atoms with Crippen LogP contribution in [-0.4, -0.2) is 26.5 Å². The lowest BCUT2D eigenvalue weighted by atomic mass is 10.0. The van der Waals surface area contributed by atoms with E-state index < -0.39 is 0 Å². The van der Waals surface area contributed by atoms with Crippen molar-refractivity contribution in [2.24, 2.45) is 0 Å². The predicted octanol–water partition coefficient (Wildman–Crippen LogP) is 2.06. The molecule has 0 saturated carbocycles. The molecule has 0 aliphatic heterocycles. The smallest absolute Gasteiger partial charge is 0.180 e. The van der Waals surface area contributed by atoms with E-state index in [0.717, 1.165) is 5.56 Å². The Morgan fingerprint density at radius 2 is 2.20 bits per heavy atom. The van der Waals surface area contributed by atoms with Gasteiger partial charge in [0.1, 0.15) is 5.75 Å². The van der Waals surface area contributed by atoms with Crippen LogP contribution < -0.4 is 10.1 Å². The molecule has 82 valence electrons. The Balaban J connectivity index is 3.23. The lowest BCUT2D eigenvalue weighted by Gasteiger charge is -2.11. The Kier molecular flexibility index (Phi) is 4.12. The van der Waals surface area contributed by atoms with Crippen molar-refractivity contribution in [2.75, 3.05) is 20.7 Å². The zero-order valence-electron chi connectivity index (χ0n) is 9.06. The predicted molar refractivity (Wildman–Crippen MR) is 61.0 cm³/mol. The summed E-state index contributed by atoms with van der Waals surface area (Å²) in [5.74, 6) is 0.548. The number of rotatable bonds is 4. The summed E-state index contributed by atoms with van der Waals surface area (Å²) in [5.41, 5.74) is 1.32. The van der Waals surface area contributed by atoms with Gasteiger partial charge >= 0.3 is 0 Å². The highest BCUT2D eigenvalue weighted by atomic mass is 35.5. The van der Waals surface area contributed by atoms with E-state index in [1.807, 2.05) is 6.92 Å². The van der Waals surface area contributed by atoms with E-state index in [0.29, 0.717) is 16.3 Å². The molecule has 0 saturated heterocycles. The molecular weight excluding hydrogens is 214 g/mol. The molecule has 1 N–H and O–H groups in total. The number of methoxy groups -OCH3 is 1. The number of halogens is 1. The van der Waals surface area contributed by atoms with E-state index >= 15 is 0 Å². The summed E-state index contributed by atoms with van der Waals surface area (Å²) in [5, 5.41) is 3.39. The van der Waals surface area contributed by atoms with Crippen molar-refractivity contribution < 1.29 is 9.53 Å². The Morgan fingerprint density at radius 1 is 1.53 bits per heavy atom. The van der Waals surface area contributed by atoms with E-state index in [1.165, 1.54) is 0 Å². The zero-order chi connectivity index (χ0) is 11.4. The van der Waals surface area contributed by atoms with Crippen LogP contribution in [0, 0.1) is 6.92 Å². The van der Waals surface area contributed by atoms with Gasteiger partial charge in [-0.1, -0.05) is 11.6 Å². The lowest BCUT2D eigenvalue weighted by molar-refractivity contribution is 0.0990. The van der Waals surface area contributed by atoms with Crippen LogP contribution in [-0.2, 0) is 0 Å². The van der Waals surface area contributed by atoms with Crippen molar-refractivity contribution in [3.63, 3.8) is 0 Å². The second kappa shape index (κ2) is 5.14. The molecule has 0 spiro atoms. The summed E-state index contributed by atoms with van der Waals surface area (Å²) in [6.07, 6.45) is 0. The molecule has 0 aromatic heterocycles. The maximum Gasteiger partial charge on any atom is 0.180 e. The number of ketones is 1.